The Morgan fingerprint density at radius 2 is 2.12 bits per heavy atom. The third-order valence-electron chi connectivity index (χ3n) is 3.42. The molecule has 7 N–H and O–H groups in total. The van der Waals surface area contributed by atoms with Gasteiger partial charge in [-0.25, -0.2) is 4.98 Å². The van der Waals surface area contributed by atoms with Crippen LogP contribution in [-0.2, 0) is 11.2 Å². The summed E-state index contributed by atoms with van der Waals surface area (Å²) < 4.78 is 0. The Morgan fingerprint density at radius 3 is 2.85 bits per heavy atom. The quantitative estimate of drug-likeness (QED) is 0.542. The van der Waals surface area contributed by atoms with Crippen LogP contribution in [0.5, 0.6) is 0 Å². The number of rotatable bonds is 8. The van der Waals surface area contributed by atoms with Crippen molar-refractivity contribution in [3.8, 4) is 11.3 Å². The topological polar surface area (TPSA) is 132 Å². The van der Waals surface area contributed by atoms with E-state index >= 15 is 0 Å². The zero-order chi connectivity index (χ0) is 18.9. The lowest BCUT2D eigenvalue weighted by Gasteiger charge is -2.10. The number of aliphatic imine (C=N–C) groups is 1. The van der Waals surface area contributed by atoms with Crippen LogP contribution in [0.1, 0.15) is 12.0 Å². The van der Waals surface area contributed by atoms with Gasteiger partial charge in [0.2, 0.25) is 5.91 Å². The standard InChI is InChI=1S/C19H22N6O/c1-13(12-23-8-7-20)24-19-11-16(21)10-17(25-19)15-4-2-3-14(9-15)5-6-18(22)26/h2-4,7-12H,1,5-6,20H2,(H2,22,26)(H3,21,24,25)/b8-7-,23-12?. The first kappa shape index (κ1) is 18.7. The van der Waals surface area contributed by atoms with Gasteiger partial charge >= 0.3 is 0 Å². The number of primary amides is 1. The fourth-order valence-corrected chi connectivity index (χ4v) is 2.30. The maximum absolute atomic E-state index is 11.0. The molecule has 1 aromatic heterocycles. The van der Waals surface area contributed by atoms with Crippen molar-refractivity contribution in [2.24, 2.45) is 16.5 Å². The van der Waals surface area contributed by atoms with Gasteiger partial charge in [0.05, 0.1) is 11.4 Å². The monoisotopic (exact) mass is 350 g/mol. The van der Waals surface area contributed by atoms with Crippen molar-refractivity contribution in [3.63, 3.8) is 0 Å². The highest BCUT2D eigenvalue weighted by Crippen LogP contribution is 2.24. The van der Waals surface area contributed by atoms with Crippen LogP contribution in [0.2, 0.25) is 0 Å². The van der Waals surface area contributed by atoms with E-state index in [-0.39, 0.29) is 5.91 Å². The summed E-state index contributed by atoms with van der Waals surface area (Å²) in [4.78, 5) is 19.5. The van der Waals surface area contributed by atoms with Gasteiger partial charge in [-0.05, 0) is 24.1 Å². The molecule has 0 saturated heterocycles. The number of allylic oxidation sites excluding steroid dienone is 1. The van der Waals surface area contributed by atoms with Crippen molar-refractivity contribution >= 4 is 23.6 Å². The Morgan fingerprint density at radius 1 is 1.31 bits per heavy atom. The van der Waals surface area contributed by atoms with Gasteiger partial charge in [-0.2, -0.15) is 0 Å². The lowest BCUT2D eigenvalue weighted by atomic mass is 10.0. The van der Waals surface area contributed by atoms with Gasteiger partial charge in [0, 0.05) is 42.4 Å². The van der Waals surface area contributed by atoms with Crippen LogP contribution in [-0.4, -0.2) is 17.1 Å². The summed E-state index contributed by atoms with van der Waals surface area (Å²) in [6.07, 6.45) is 5.18. The molecule has 1 amide bonds. The summed E-state index contributed by atoms with van der Waals surface area (Å²) in [6.45, 7) is 3.85. The molecular weight excluding hydrogens is 328 g/mol. The summed E-state index contributed by atoms with van der Waals surface area (Å²) >= 11 is 0. The number of hydrogen-bond acceptors (Lipinski definition) is 6. The number of carbonyl (C=O) groups is 1. The minimum absolute atomic E-state index is 0.303. The van der Waals surface area contributed by atoms with Crippen molar-refractivity contribution in [2.75, 3.05) is 11.1 Å². The zero-order valence-corrected chi connectivity index (χ0v) is 14.4. The second-order valence-corrected chi connectivity index (χ2v) is 5.61. The summed E-state index contributed by atoms with van der Waals surface area (Å²) in [5.74, 6) is 0.226. The van der Waals surface area contributed by atoms with Crippen LogP contribution in [0, 0.1) is 0 Å². The smallest absolute Gasteiger partial charge is 0.217 e. The Bertz CT molecular complexity index is 857. The SMILES string of the molecule is C=C(C=N/C=C\N)Nc1cc(N)cc(-c2cccc(CCC(N)=O)c2)n1. The predicted molar refractivity (Wildman–Crippen MR) is 106 cm³/mol. The normalized spacial score (nSPS) is 11.1. The number of nitrogens with zero attached hydrogens (tertiary/aromatic N) is 2. The van der Waals surface area contributed by atoms with Crippen molar-refractivity contribution in [3.05, 3.63) is 66.6 Å². The third kappa shape index (κ3) is 5.79. The molecule has 1 aromatic carbocycles. The number of amides is 1. The Kier molecular flexibility index (Phi) is 6.50. The predicted octanol–water partition coefficient (Wildman–Crippen LogP) is 2.17. The molecule has 0 aliphatic rings. The zero-order valence-electron chi connectivity index (χ0n) is 14.4. The van der Waals surface area contributed by atoms with Crippen molar-refractivity contribution in [1.29, 1.82) is 0 Å². The maximum atomic E-state index is 11.0. The third-order valence-corrected chi connectivity index (χ3v) is 3.42. The first-order valence-electron chi connectivity index (χ1n) is 7.99. The Labute approximate surface area is 152 Å². The molecule has 0 aliphatic heterocycles. The van der Waals surface area contributed by atoms with Gasteiger partial charge in [0.15, 0.2) is 0 Å². The highest BCUT2D eigenvalue weighted by Gasteiger charge is 2.06. The fourth-order valence-electron chi connectivity index (χ4n) is 2.30. The van der Waals surface area contributed by atoms with Crippen LogP contribution in [0.3, 0.4) is 0 Å². The first-order valence-corrected chi connectivity index (χ1v) is 7.99. The van der Waals surface area contributed by atoms with E-state index in [9.17, 15) is 4.79 Å². The van der Waals surface area contributed by atoms with Gasteiger partial charge in [0.1, 0.15) is 5.82 Å². The molecule has 2 rings (SSSR count). The molecule has 0 radical (unpaired) electrons. The van der Waals surface area contributed by atoms with E-state index in [1.807, 2.05) is 24.3 Å². The van der Waals surface area contributed by atoms with Crippen LogP contribution >= 0.6 is 0 Å². The largest absolute Gasteiger partial charge is 0.403 e. The van der Waals surface area contributed by atoms with Crippen molar-refractivity contribution < 1.29 is 4.79 Å². The van der Waals surface area contributed by atoms with Gasteiger partial charge in [0.25, 0.3) is 0 Å². The van der Waals surface area contributed by atoms with Gasteiger partial charge in [-0.3, -0.25) is 9.79 Å². The maximum Gasteiger partial charge on any atom is 0.217 e. The molecule has 7 heteroatoms. The molecule has 26 heavy (non-hydrogen) atoms. The molecule has 0 spiro atoms. The molecule has 0 atom stereocenters. The molecule has 134 valence electrons. The van der Waals surface area contributed by atoms with E-state index in [0.717, 1.165) is 11.1 Å². The average Bonchev–Trinajstić information content (AvgIpc) is 2.60. The molecular formula is C19H22N6O. The molecule has 1 heterocycles. The summed E-state index contributed by atoms with van der Waals surface area (Å²) in [5, 5.41) is 3.04. The van der Waals surface area contributed by atoms with Crippen LogP contribution in [0.15, 0.2) is 66.1 Å². The summed E-state index contributed by atoms with van der Waals surface area (Å²) in [5.41, 5.74) is 20.1. The van der Waals surface area contributed by atoms with E-state index in [4.69, 9.17) is 17.2 Å². The highest BCUT2D eigenvalue weighted by atomic mass is 16.1. The molecule has 0 aliphatic carbocycles. The number of aromatic nitrogens is 1. The van der Waals surface area contributed by atoms with Gasteiger partial charge in [-0.15, -0.1) is 0 Å². The number of aryl methyl sites for hydroxylation is 1. The summed E-state index contributed by atoms with van der Waals surface area (Å²) in [7, 11) is 0. The minimum atomic E-state index is -0.325. The van der Waals surface area contributed by atoms with E-state index < -0.39 is 0 Å². The number of anilines is 2. The fraction of sp³-hybridized carbons (Fsp3) is 0.105. The number of benzene rings is 1. The second-order valence-electron chi connectivity index (χ2n) is 5.61. The minimum Gasteiger partial charge on any atom is -0.403 e. The highest BCUT2D eigenvalue weighted by molar-refractivity contribution is 5.82. The van der Waals surface area contributed by atoms with E-state index in [2.05, 4.69) is 21.9 Å². The molecule has 0 fully saturated rings. The number of nitrogens with two attached hydrogens (primary N) is 3. The second kappa shape index (κ2) is 9.03. The van der Waals surface area contributed by atoms with E-state index in [1.54, 1.807) is 12.1 Å². The van der Waals surface area contributed by atoms with Crippen LogP contribution < -0.4 is 22.5 Å². The molecule has 0 unspecified atom stereocenters. The first-order chi connectivity index (χ1) is 12.5. The lowest BCUT2D eigenvalue weighted by Crippen LogP contribution is -2.11. The van der Waals surface area contributed by atoms with Crippen LogP contribution in [0.25, 0.3) is 11.3 Å². The van der Waals surface area contributed by atoms with Crippen molar-refractivity contribution in [2.45, 2.75) is 12.8 Å². The number of pyridine rings is 1. The Hall–Kier alpha value is -3.61. The molecule has 0 bridgehead atoms. The Balaban J connectivity index is 2.22. The number of carbonyl (C=O) groups excluding carboxylic acids is 1. The summed E-state index contributed by atoms with van der Waals surface area (Å²) in [6, 6.07) is 11.2. The number of hydrogen-bond donors (Lipinski definition) is 4. The van der Waals surface area contributed by atoms with E-state index in [0.29, 0.717) is 35.7 Å². The van der Waals surface area contributed by atoms with Gasteiger partial charge in [-0.1, -0.05) is 24.8 Å². The average molecular weight is 350 g/mol. The molecule has 7 nitrogen and oxygen atoms in total. The van der Waals surface area contributed by atoms with E-state index in [1.165, 1.54) is 18.6 Å². The number of nitrogen functional groups attached to an aromatic ring is 1. The lowest BCUT2D eigenvalue weighted by molar-refractivity contribution is -0.117. The molecule has 0 saturated carbocycles. The molecule has 2 aromatic rings. The van der Waals surface area contributed by atoms with Crippen molar-refractivity contribution in [1.82, 2.24) is 4.98 Å². The van der Waals surface area contributed by atoms with Gasteiger partial charge < -0.3 is 22.5 Å². The number of nitrogens with one attached hydrogen (secondary N) is 1. The van der Waals surface area contributed by atoms with Crippen LogP contribution in [0.4, 0.5) is 11.5 Å².